The van der Waals surface area contributed by atoms with Crippen LogP contribution in [0.15, 0.2) is 71.6 Å². The van der Waals surface area contributed by atoms with Gasteiger partial charge in [-0.3, -0.25) is 4.90 Å². The van der Waals surface area contributed by atoms with Crippen LogP contribution in [0.4, 0.5) is 0 Å². The van der Waals surface area contributed by atoms with Crippen LogP contribution in [0.5, 0.6) is 0 Å². The van der Waals surface area contributed by atoms with Crippen molar-refractivity contribution in [3.63, 3.8) is 0 Å². The molecule has 1 unspecified atom stereocenters. The maximum absolute atomic E-state index is 12.0. The number of hydrogen-bond acceptors (Lipinski definition) is 5. The largest absolute Gasteiger partial charge is 0.295 e. The summed E-state index contributed by atoms with van der Waals surface area (Å²) in [5.74, 6) is 0. The molecular weight excluding hydrogens is 498 g/mol. The molecule has 0 amide bonds. The van der Waals surface area contributed by atoms with Gasteiger partial charge in [0.2, 0.25) is 0 Å². The number of sulfone groups is 1. The summed E-state index contributed by atoms with van der Waals surface area (Å²) < 4.78 is 26.0. The van der Waals surface area contributed by atoms with Crippen molar-refractivity contribution in [2.45, 2.75) is 43.7 Å². The Hall–Kier alpha value is -2.45. The molecule has 0 aliphatic carbocycles. The quantitative estimate of drug-likeness (QED) is 0.281. The van der Waals surface area contributed by atoms with E-state index in [2.05, 4.69) is 24.0 Å². The third-order valence-corrected chi connectivity index (χ3v) is 9.14. The lowest BCUT2D eigenvalue weighted by Crippen LogP contribution is -2.36. The summed E-state index contributed by atoms with van der Waals surface area (Å²) >= 11 is 8.20. The molecule has 0 radical (unpaired) electrons. The van der Waals surface area contributed by atoms with Crippen molar-refractivity contribution in [2.24, 2.45) is 0 Å². The van der Waals surface area contributed by atoms with Gasteiger partial charge in [-0.25, -0.2) is 13.1 Å². The van der Waals surface area contributed by atoms with E-state index < -0.39 is 9.84 Å². The lowest BCUT2D eigenvalue weighted by molar-refractivity contribution is 0.150. The first-order chi connectivity index (χ1) is 16.8. The van der Waals surface area contributed by atoms with Crippen molar-refractivity contribution >= 4 is 32.8 Å². The Morgan fingerprint density at radius 3 is 2.60 bits per heavy atom. The second-order valence-corrected chi connectivity index (χ2v) is 12.7. The van der Waals surface area contributed by atoms with E-state index in [1.807, 2.05) is 41.1 Å². The fraction of sp³-hybridized carbons (Fsp3) is 0.296. The molecule has 8 heteroatoms. The monoisotopic (exact) mass is 525 g/mol. The van der Waals surface area contributed by atoms with Gasteiger partial charge in [0, 0.05) is 23.7 Å². The zero-order valence-corrected chi connectivity index (χ0v) is 22.2. The Morgan fingerprint density at radius 2 is 1.83 bits per heavy atom. The van der Waals surface area contributed by atoms with E-state index in [1.165, 1.54) is 25.5 Å². The molecule has 1 aliphatic rings. The number of likely N-dealkylation sites (tertiary alicyclic amines) is 1. The molecular formula is C27H28ClN3O2S2. The van der Waals surface area contributed by atoms with Crippen LogP contribution in [0.1, 0.15) is 31.9 Å². The van der Waals surface area contributed by atoms with E-state index in [0.29, 0.717) is 16.0 Å². The third kappa shape index (κ3) is 5.23. The lowest BCUT2D eigenvalue weighted by atomic mass is 10.0. The molecule has 1 aliphatic heterocycles. The van der Waals surface area contributed by atoms with Gasteiger partial charge in [-0.2, -0.15) is 5.10 Å². The van der Waals surface area contributed by atoms with Crippen molar-refractivity contribution < 1.29 is 8.42 Å². The fourth-order valence-electron chi connectivity index (χ4n) is 4.60. The van der Waals surface area contributed by atoms with E-state index in [0.717, 1.165) is 45.5 Å². The number of nitrogens with zero attached hydrogens (tertiary/aromatic N) is 3. The Labute approximate surface area is 215 Å². The van der Waals surface area contributed by atoms with Crippen LogP contribution >= 0.6 is 22.9 Å². The van der Waals surface area contributed by atoms with Gasteiger partial charge in [0.05, 0.1) is 31.9 Å². The summed E-state index contributed by atoms with van der Waals surface area (Å²) in [7, 11) is -3.27. The summed E-state index contributed by atoms with van der Waals surface area (Å²) in [6, 6.07) is 21.7. The molecule has 1 saturated heterocycles. The molecule has 5 rings (SSSR count). The van der Waals surface area contributed by atoms with E-state index >= 15 is 0 Å². The average molecular weight is 526 g/mol. The van der Waals surface area contributed by atoms with E-state index in [1.54, 1.807) is 29.5 Å². The van der Waals surface area contributed by atoms with Crippen molar-refractivity contribution in [1.29, 1.82) is 0 Å². The molecule has 1 fully saturated rings. The molecule has 0 N–H and O–H groups in total. The first-order valence-corrected chi connectivity index (χ1v) is 14.9. The Kier molecular flexibility index (Phi) is 6.86. The standard InChI is InChI=1S/C27H28ClN3O2S2/c1-19-8-5-6-15-30(19)18-21-17-25(31(29-21)24-12-4-3-11-23(24)28)27-14-13-26(34-27)20-9-7-10-22(16-20)35(2,32)33/h3-4,7,9-14,16-17,19H,5-6,8,15,18H2,1-2H3. The highest BCUT2D eigenvalue weighted by atomic mass is 35.5. The van der Waals surface area contributed by atoms with Crippen molar-refractivity contribution in [3.8, 4) is 26.7 Å². The summed E-state index contributed by atoms with van der Waals surface area (Å²) in [6.07, 6.45) is 4.97. The number of thiophene rings is 1. The van der Waals surface area contributed by atoms with Gasteiger partial charge < -0.3 is 0 Å². The topological polar surface area (TPSA) is 55.2 Å². The van der Waals surface area contributed by atoms with Crippen LogP contribution in [-0.4, -0.2) is 41.9 Å². The minimum absolute atomic E-state index is 0.323. The van der Waals surface area contributed by atoms with E-state index in [4.69, 9.17) is 16.7 Å². The molecule has 4 aromatic rings. The van der Waals surface area contributed by atoms with Gasteiger partial charge in [-0.05, 0) is 74.3 Å². The smallest absolute Gasteiger partial charge is 0.175 e. The van der Waals surface area contributed by atoms with Gasteiger partial charge >= 0.3 is 0 Å². The maximum atomic E-state index is 12.0. The number of rotatable bonds is 6. The molecule has 0 saturated carbocycles. The highest BCUT2D eigenvalue weighted by molar-refractivity contribution is 7.90. The van der Waals surface area contributed by atoms with Gasteiger partial charge in [-0.1, -0.05) is 42.3 Å². The second kappa shape index (κ2) is 9.90. The number of para-hydroxylation sites is 1. The predicted molar refractivity (Wildman–Crippen MR) is 144 cm³/mol. The Bertz CT molecular complexity index is 1460. The summed E-state index contributed by atoms with van der Waals surface area (Å²) in [5.41, 5.74) is 3.72. The summed E-state index contributed by atoms with van der Waals surface area (Å²) in [5, 5.41) is 5.64. The van der Waals surface area contributed by atoms with Gasteiger partial charge in [0.15, 0.2) is 9.84 Å². The predicted octanol–water partition coefficient (Wildman–Crippen LogP) is 6.70. The van der Waals surface area contributed by atoms with Crippen LogP contribution in [0.3, 0.4) is 0 Å². The number of aromatic nitrogens is 2. The van der Waals surface area contributed by atoms with Crippen molar-refractivity contribution in [2.75, 3.05) is 12.8 Å². The van der Waals surface area contributed by atoms with Crippen LogP contribution < -0.4 is 0 Å². The maximum Gasteiger partial charge on any atom is 0.175 e. The van der Waals surface area contributed by atoms with E-state index in [9.17, 15) is 8.42 Å². The van der Waals surface area contributed by atoms with E-state index in [-0.39, 0.29) is 0 Å². The molecule has 3 heterocycles. The number of halogens is 1. The molecule has 5 nitrogen and oxygen atoms in total. The van der Waals surface area contributed by atoms with Crippen molar-refractivity contribution in [3.05, 3.63) is 77.4 Å². The molecule has 0 bridgehead atoms. The normalized spacial score (nSPS) is 17.1. The molecule has 182 valence electrons. The highest BCUT2D eigenvalue weighted by Crippen LogP contribution is 2.37. The van der Waals surface area contributed by atoms with Gasteiger partial charge in [0.25, 0.3) is 0 Å². The van der Waals surface area contributed by atoms with Crippen LogP contribution in [0.25, 0.3) is 26.7 Å². The summed E-state index contributed by atoms with van der Waals surface area (Å²) in [4.78, 5) is 4.88. The third-order valence-electron chi connectivity index (χ3n) is 6.55. The van der Waals surface area contributed by atoms with Crippen LogP contribution in [-0.2, 0) is 16.4 Å². The van der Waals surface area contributed by atoms with Gasteiger partial charge in [0.1, 0.15) is 0 Å². The molecule has 1 atom stereocenters. The van der Waals surface area contributed by atoms with Crippen molar-refractivity contribution in [1.82, 2.24) is 14.7 Å². The zero-order chi connectivity index (χ0) is 24.6. The highest BCUT2D eigenvalue weighted by Gasteiger charge is 2.22. The van der Waals surface area contributed by atoms with Crippen LogP contribution in [0, 0.1) is 0 Å². The fourth-order valence-corrected chi connectivity index (χ4v) is 6.49. The van der Waals surface area contributed by atoms with Crippen LogP contribution in [0.2, 0.25) is 5.02 Å². The minimum atomic E-state index is -3.27. The lowest BCUT2D eigenvalue weighted by Gasteiger charge is -2.32. The Morgan fingerprint density at radius 1 is 1.03 bits per heavy atom. The second-order valence-electron chi connectivity index (χ2n) is 9.16. The molecule has 0 spiro atoms. The molecule has 35 heavy (non-hydrogen) atoms. The zero-order valence-electron chi connectivity index (χ0n) is 19.8. The molecule has 2 aromatic heterocycles. The first kappa shape index (κ1) is 24.3. The average Bonchev–Trinajstić information content (AvgIpc) is 3.48. The summed E-state index contributed by atoms with van der Waals surface area (Å²) in [6.45, 7) is 4.19. The first-order valence-electron chi connectivity index (χ1n) is 11.8. The SMILES string of the molecule is CC1CCCCN1Cc1cc(-c2ccc(-c3cccc(S(C)(=O)=O)c3)s2)n(-c2ccccc2Cl)n1. The van der Waals surface area contributed by atoms with Gasteiger partial charge in [-0.15, -0.1) is 11.3 Å². The number of benzene rings is 2. The number of piperidine rings is 1. The minimum Gasteiger partial charge on any atom is -0.295 e. The molecule has 2 aromatic carbocycles. The number of hydrogen-bond donors (Lipinski definition) is 0. The Balaban J connectivity index is 1.55.